The van der Waals surface area contributed by atoms with Gasteiger partial charge in [-0.2, -0.15) is 0 Å². The summed E-state index contributed by atoms with van der Waals surface area (Å²) in [4.78, 5) is 22.9. The van der Waals surface area contributed by atoms with E-state index in [0.29, 0.717) is 19.3 Å². The zero-order chi connectivity index (χ0) is 15.1. The van der Waals surface area contributed by atoms with Crippen molar-refractivity contribution < 1.29 is 14.7 Å². The molecule has 0 radical (unpaired) electrons. The Morgan fingerprint density at radius 2 is 1.80 bits per heavy atom. The van der Waals surface area contributed by atoms with Crippen molar-refractivity contribution in [2.24, 2.45) is 5.92 Å². The Labute approximate surface area is 120 Å². The molecule has 1 aromatic rings. The smallest absolute Gasteiger partial charge is 0.326 e. The van der Waals surface area contributed by atoms with Gasteiger partial charge in [0.25, 0.3) is 0 Å². The maximum Gasteiger partial charge on any atom is 0.326 e. The molecule has 0 unspecified atom stereocenters. The average molecular weight is 277 g/mol. The van der Waals surface area contributed by atoms with Gasteiger partial charge < -0.3 is 10.4 Å². The normalized spacial score (nSPS) is 12.2. The van der Waals surface area contributed by atoms with Crippen molar-refractivity contribution in [3.8, 4) is 0 Å². The number of nitrogens with one attached hydrogen (secondary N) is 1. The molecule has 1 aromatic carbocycles. The van der Waals surface area contributed by atoms with Crippen LogP contribution < -0.4 is 5.32 Å². The summed E-state index contributed by atoms with van der Waals surface area (Å²) in [5.41, 5.74) is 2.27. The maximum atomic E-state index is 11.8. The van der Waals surface area contributed by atoms with E-state index in [1.165, 1.54) is 5.56 Å². The Bertz CT molecular complexity index is 451. The van der Waals surface area contributed by atoms with Crippen LogP contribution >= 0.6 is 0 Å². The van der Waals surface area contributed by atoms with Gasteiger partial charge in [-0.05, 0) is 31.2 Å². The summed E-state index contributed by atoms with van der Waals surface area (Å²) in [6.07, 6.45) is 1.39. The number of hydrogen-bond donors (Lipinski definition) is 2. The molecule has 0 aliphatic carbocycles. The number of carbonyl (C=O) groups is 2. The second-order valence-electron chi connectivity index (χ2n) is 5.57. The first-order valence-corrected chi connectivity index (χ1v) is 6.96. The second-order valence-corrected chi connectivity index (χ2v) is 5.57. The molecule has 4 nitrogen and oxygen atoms in total. The van der Waals surface area contributed by atoms with E-state index >= 15 is 0 Å². The Balaban J connectivity index is 2.45. The maximum absolute atomic E-state index is 11.8. The highest BCUT2D eigenvalue weighted by Crippen LogP contribution is 2.08. The standard InChI is InChI=1S/C16H23NO3/c1-11(2)10-14(16(19)20)17-15(18)9-8-13-6-4-12(3)5-7-13/h4-7,11,14H,8-10H2,1-3H3,(H,17,18)(H,19,20)/t14-/m0/s1. The third-order valence-electron chi connectivity index (χ3n) is 3.10. The Morgan fingerprint density at radius 1 is 1.20 bits per heavy atom. The highest BCUT2D eigenvalue weighted by Gasteiger charge is 2.20. The van der Waals surface area contributed by atoms with E-state index in [1.807, 2.05) is 45.0 Å². The van der Waals surface area contributed by atoms with Gasteiger partial charge in [0.2, 0.25) is 5.91 Å². The van der Waals surface area contributed by atoms with Gasteiger partial charge in [0.15, 0.2) is 0 Å². The van der Waals surface area contributed by atoms with Crippen molar-refractivity contribution >= 4 is 11.9 Å². The second kappa shape index (κ2) is 7.68. The molecule has 0 aromatic heterocycles. The first-order valence-electron chi connectivity index (χ1n) is 6.96. The predicted molar refractivity (Wildman–Crippen MR) is 78.5 cm³/mol. The predicted octanol–water partition coefficient (Wildman–Crippen LogP) is 2.54. The summed E-state index contributed by atoms with van der Waals surface area (Å²) < 4.78 is 0. The molecule has 0 saturated carbocycles. The van der Waals surface area contributed by atoms with Crippen LogP contribution in [-0.2, 0) is 16.0 Å². The highest BCUT2D eigenvalue weighted by atomic mass is 16.4. The average Bonchev–Trinajstić information content (AvgIpc) is 2.36. The van der Waals surface area contributed by atoms with Crippen LogP contribution in [0, 0.1) is 12.8 Å². The molecule has 20 heavy (non-hydrogen) atoms. The van der Waals surface area contributed by atoms with E-state index in [-0.39, 0.29) is 11.8 Å². The third kappa shape index (κ3) is 5.87. The molecule has 1 rings (SSSR count). The molecule has 4 heteroatoms. The van der Waals surface area contributed by atoms with Crippen molar-refractivity contribution in [1.29, 1.82) is 0 Å². The van der Waals surface area contributed by atoms with Crippen molar-refractivity contribution in [3.63, 3.8) is 0 Å². The Morgan fingerprint density at radius 3 is 2.30 bits per heavy atom. The van der Waals surface area contributed by atoms with Crippen LogP contribution in [0.5, 0.6) is 0 Å². The van der Waals surface area contributed by atoms with Crippen LogP contribution in [0.3, 0.4) is 0 Å². The van der Waals surface area contributed by atoms with E-state index in [0.717, 1.165) is 5.56 Å². The van der Waals surface area contributed by atoms with E-state index in [4.69, 9.17) is 5.11 Å². The zero-order valence-electron chi connectivity index (χ0n) is 12.3. The minimum Gasteiger partial charge on any atom is -0.480 e. The van der Waals surface area contributed by atoms with E-state index in [1.54, 1.807) is 0 Å². The molecule has 110 valence electrons. The molecule has 1 amide bonds. The largest absolute Gasteiger partial charge is 0.480 e. The molecule has 0 heterocycles. The van der Waals surface area contributed by atoms with Gasteiger partial charge in [0.05, 0.1) is 0 Å². The molecular weight excluding hydrogens is 254 g/mol. The number of aliphatic carboxylic acids is 1. The zero-order valence-corrected chi connectivity index (χ0v) is 12.3. The topological polar surface area (TPSA) is 66.4 Å². The lowest BCUT2D eigenvalue weighted by Crippen LogP contribution is -2.41. The fourth-order valence-corrected chi connectivity index (χ4v) is 1.97. The van der Waals surface area contributed by atoms with E-state index in [2.05, 4.69) is 5.32 Å². The molecule has 0 spiro atoms. The fraction of sp³-hybridized carbons (Fsp3) is 0.500. The van der Waals surface area contributed by atoms with Gasteiger partial charge in [0, 0.05) is 6.42 Å². The van der Waals surface area contributed by atoms with Crippen molar-refractivity contribution in [3.05, 3.63) is 35.4 Å². The molecule has 0 saturated heterocycles. The molecule has 0 aliphatic heterocycles. The summed E-state index contributed by atoms with van der Waals surface area (Å²) in [5, 5.41) is 11.7. The number of rotatable bonds is 7. The first kappa shape index (κ1) is 16.2. The monoisotopic (exact) mass is 277 g/mol. The van der Waals surface area contributed by atoms with Gasteiger partial charge in [-0.15, -0.1) is 0 Å². The van der Waals surface area contributed by atoms with Crippen LogP contribution in [0.4, 0.5) is 0 Å². The molecule has 0 bridgehead atoms. The first-order chi connectivity index (χ1) is 9.38. The molecular formula is C16H23NO3. The lowest BCUT2D eigenvalue weighted by Gasteiger charge is -2.16. The Hall–Kier alpha value is -1.84. The highest BCUT2D eigenvalue weighted by molar-refractivity contribution is 5.83. The quantitative estimate of drug-likeness (QED) is 0.805. The lowest BCUT2D eigenvalue weighted by atomic mass is 10.0. The minimum absolute atomic E-state index is 0.210. The summed E-state index contributed by atoms with van der Waals surface area (Å²) in [7, 11) is 0. The number of benzene rings is 1. The molecule has 0 aliphatic rings. The van der Waals surface area contributed by atoms with Crippen molar-refractivity contribution in [1.82, 2.24) is 5.32 Å². The van der Waals surface area contributed by atoms with Gasteiger partial charge in [-0.1, -0.05) is 43.7 Å². The van der Waals surface area contributed by atoms with Crippen molar-refractivity contribution in [2.75, 3.05) is 0 Å². The van der Waals surface area contributed by atoms with Crippen molar-refractivity contribution in [2.45, 2.75) is 46.1 Å². The van der Waals surface area contributed by atoms with Gasteiger partial charge in [-0.25, -0.2) is 4.79 Å². The van der Waals surface area contributed by atoms with Crippen LogP contribution in [0.25, 0.3) is 0 Å². The van der Waals surface area contributed by atoms with Crippen LogP contribution in [0.1, 0.15) is 37.8 Å². The summed E-state index contributed by atoms with van der Waals surface area (Å²) >= 11 is 0. The van der Waals surface area contributed by atoms with E-state index in [9.17, 15) is 9.59 Å². The number of carboxylic acid groups (broad SMARTS) is 1. The van der Waals surface area contributed by atoms with Gasteiger partial charge in [-0.3, -0.25) is 4.79 Å². The number of carboxylic acids is 1. The lowest BCUT2D eigenvalue weighted by molar-refractivity contribution is -0.142. The van der Waals surface area contributed by atoms with Crippen LogP contribution in [-0.4, -0.2) is 23.0 Å². The molecule has 0 fully saturated rings. The summed E-state index contributed by atoms with van der Waals surface area (Å²) in [6, 6.07) is 7.20. The Kier molecular flexibility index (Phi) is 6.22. The number of carbonyl (C=O) groups excluding carboxylic acids is 1. The summed E-state index contributed by atoms with van der Waals surface area (Å²) in [6.45, 7) is 5.89. The van der Waals surface area contributed by atoms with E-state index < -0.39 is 12.0 Å². The van der Waals surface area contributed by atoms with Crippen LogP contribution in [0.15, 0.2) is 24.3 Å². The SMILES string of the molecule is Cc1ccc(CCC(=O)N[C@@H](CC(C)C)C(=O)O)cc1. The molecule has 1 atom stereocenters. The molecule has 2 N–H and O–H groups in total. The van der Waals surface area contributed by atoms with Crippen LogP contribution in [0.2, 0.25) is 0 Å². The summed E-state index contributed by atoms with van der Waals surface area (Å²) in [5.74, 6) is -0.950. The van der Waals surface area contributed by atoms with Gasteiger partial charge >= 0.3 is 5.97 Å². The van der Waals surface area contributed by atoms with Gasteiger partial charge in [0.1, 0.15) is 6.04 Å². The number of hydrogen-bond acceptors (Lipinski definition) is 2. The number of amides is 1. The number of aryl methyl sites for hydroxylation is 2. The third-order valence-corrected chi connectivity index (χ3v) is 3.10. The minimum atomic E-state index is -0.970. The fourth-order valence-electron chi connectivity index (χ4n) is 1.97.